The van der Waals surface area contributed by atoms with E-state index >= 15 is 0 Å². The molecule has 0 aliphatic heterocycles. The molecule has 1 fully saturated rings. The van der Waals surface area contributed by atoms with Gasteiger partial charge in [0.1, 0.15) is 0 Å². The summed E-state index contributed by atoms with van der Waals surface area (Å²) in [6.07, 6.45) is 0.190. The molecule has 9 heteroatoms. The van der Waals surface area contributed by atoms with Crippen molar-refractivity contribution in [3.05, 3.63) is 35.7 Å². The highest BCUT2D eigenvalue weighted by molar-refractivity contribution is 5.81. The number of alkyl halides is 3. The third kappa shape index (κ3) is 4.35. The predicted octanol–water partition coefficient (Wildman–Crippen LogP) is 4.62. The van der Waals surface area contributed by atoms with Crippen molar-refractivity contribution in [3.8, 4) is 11.4 Å². The molecule has 3 rings (SSSR count). The Hall–Kier alpha value is -2.42. The van der Waals surface area contributed by atoms with E-state index in [-0.39, 0.29) is 18.3 Å². The summed E-state index contributed by atoms with van der Waals surface area (Å²) in [7, 11) is 1.45. The molecule has 0 N–H and O–H groups in total. The minimum Gasteiger partial charge on any atom is -0.329 e. The molecule has 28 heavy (non-hydrogen) atoms. The summed E-state index contributed by atoms with van der Waals surface area (Å²) in [6, 6.07) is 6.56. The van der Waals surface area contributed by atoms with Gasteiger partial charge in [0.05, 0.1) is 13.7 Å². The second-order valence-electron chi connectivity index (χ2n) is 7.26. The lowest BCUT2D eigenvalue weighted by molar-refractivity contribution is -0.191. The van der Waals surface area contributed by atoms with Crippen LogP contribution in [0.5, 0.6) is 0 Å². The fourth-order valence-corrected chi connectivity index (χ4v) is 3.45. The first-order valence-electron chi connectivity index (χ1n) is 9.09. The summed E-state index contributed by atoms with van der Waals surface area (Å²) in [6.45, 7) is 2.21. The maximum atomic E-state index is 12.9. The number of carbonyl (C=O) groups is 1. The van der Waals surface area contributed by atoms with E-state index in [1.807, 2.05) is 6.92 Å². The third-order valence-corrected chi connectivity index (χ3v) is 5.13. The van der Waals surface area contributed by atoms with Crippen LogP contribution < -0.4 is 0 Å². The molecule has 0 bridgehead atoms. The van der Waals surface area contributed by atoms with Gasteiger partial charge in [-0.05, 0) is 18.4 Å². The highest BCUT2D eigenvalue weighted by Crippen LogP contribution is 2.38. The molecule has 1 amide bonds. The molecule has 152 valence electrons. The minimum absolute atomic E-state index is 0.0493. The number of benzene rings is 1. The van der Waals surface area contributed by atoms with Crippen molar-refractivity contribution in [1.29, 1.82) is 0 Å². The van der Waals surface area contributed by atoms with E-state index in [1.165, 1.54) is 12.2 Å². The molecule has 0 radical (unpaired) electrons. The molecule has 1 heterocycles. The Kier molecular flexibility index (Phi) is 5.74. The van der Waals surface area contributed by atoms with Gasteiger partial charge in [0.15, 0.2) is 0 Å². The van der Waals surface area contributed by atoms with Crippen LogP contribution in [0.1, 0.15) is 50.5 Å². The average molecular weight is 397 g/mol. The molecule has 1 aliphatic carbocycles. The average Bonchev–Trinajstić information content (AvgIpc) is 3.17. The van der Waals surface area contributed by atoms with Crippen LogP contribution >= 0.6 is 0 Å². The Bertz CT molecular complexity index is 812. The van der Waals surface area contributed by atoms with E-state index in [0.29, 0.717) is 5.56 Å². The maximum absolute atomic E-state index is 12.9. The van der Waals surface area contributed by atoms with Crippen LogP contribution in [0.3, 0.4) is 0 Å². The first-order valence-corrected chi connectivity index (χ1v) is 9.09. The Balaban J connectivity index is 1.70. The summed E-state index contributed by atoms with van der Waals surface area (Å²) in [5.41, 5.74) is 0.739. The molecule has 1 aromatic heterocycles. The highest BCUT2D eigenvalue weighted by atomic mass is 19.4. The van der Waals surface area contributed by atoms with Crippen molar-refractivity contribution >= 4 is 5.91 Å². The predicted molar refractivity (Wildman–Crippen MR) is 93.5 cm³/mol. The lowest BCUT2D eigenvalue weighted by Gasteiger charge is -2.35. The van der Waals surface area contributed by atoms with Gasteiger partial charge in [-0.3, -0.25) is 9.63 Å². The molecule has 1 aromatic carbocycles. The maximum Gasteiger partial charge on any atom is 0.471 e. The molecule has 6 nitrogen and oxygen atoms in total. The van der Waals surface area contributed by atoms with Gasteiger partial charge in [-0.25, -0.2) is 5.06 Å². The van der Waals surface area contributed by atoms with E-state index in [9.17, 15) is 18.0 Å². The first kappa shape index (κ1) is 20.3. The van der Waals surface area contributed by atoms with Crippen LogP contribution in [-0.2, 0) is 22.4 Å². The summed E-state index contributed by atoms with van der Waals surface area (Å²) < 4.78 is 42.0. The molecular formula is C19H22F3N3O3. The number of hydrogen-bond acceptors (Lipinski definition) is 5. The van der Waals surface area contributed by atoms with Gasteiger partial charge in [-0.2, -0.15) is 18.2 Å². The van der Waals surface area contributed by atoms with Gasteiger partial charge in [-0.15, -0.1) is 0 Å². The zero-order chi connectivity index (χ0) is 20.4. The Labute approximate surface area is 160 Å². The second kappa shape index (κ2) is 7.90. The highest BCUT2D eigenvalue weighted by Gasteiger charge is 2.39. The van der Waals surface area contributed by atoms with Crippen LogP contribution in [0, 0.1) is 5.41 Å². The number of hydrogen-bond donors (Lipinski definition) is 0. The monoisotopic (exact) mass is 397 g/mol. The van der Waals surface area contributed by atoms with Gasteiger partial charge in [0.25, 0.3) is 5.91 Å². The molecule has 0 unspecified atom stereocenters. The standard InChI is InChI=1S/C19H22F3N3O3/c1-18(10-4-3-5-11-18)17(26)25(27-2)12-13-6-8-14(9-7-13)15-23-16(28-24-15)19(20,21)22/h6-9H,3-5,10-12H2,1-2H3. The molecule has 0 atom stereocenters. The summed E-state index contributed by atoms with van der Waals surface area (Å²) in [4.78, 5) is 21.6. The number of halogens is 3. The summed E-state index contributed by atoms with van der Waals surface area (Å²) in [5.74, 6) is -1.58. The largest absolute Gasteiger partial charge is 0.471 e. The van der Waals surface area contributed by atoms with Gasteiger partial charge in [-0.1, -0.05) is 55.6 Å². The van der Waals surface area contributed by atoms with Gasteiger partial charge < -0.3 is 4.52 Å². The van der Waals surface area contributed by atoms with E-state index in [1.54, 1.807) is 24.3 Å². The van der Waals surface area contributed by atoms with E-state index < -0.39 is 17.5 Å². The van der Waals surface area contributed by atoms with E-state index in [0.717, 1.165) is 37.7 Å². The SMILES string of the molecule is CON(Cc1ccc(-c2noc(C(F)(F)F)n2)cc1)C(=O)C1(C)CCCCC1. The van der Waals surface area contributed by atoms with E-state index in [2.05, 4.69) is 14.7 Å². The summed E-state index contributed by atoms with van der Waals surface area (Å²) in [5, 5.41) is 4.71. The zero-order valence-corrected chi connectivity index (χ0v) is 15.8. The Morgan fingerprint density at radius 3 is 2.39 bits per heavy atom. The molecule has 2 aromatic rings. The van der Waals surface area contributed by atoms with Crippen molar-refractivity contribution in [2.45, 2.75) is 51.7 Å². The zero-order valence-electron chi connectivity index (χ0n) is 15.8. The van der Waals surface area contributed by atoms with Crippen LogP contribution in [0.25, 0.3) is 11.4 Å². The number of amides is 1. The lowest BCUT2D eigenvalue weighted by atomic mass is 9.75. The van der Waals surface area contributed by atoms with Crippen molar-refractivity contribution in [3.63, 3.8) is 0 Å². The number of rotatable bonds is 5. The van der Waals surface area contributed by atoms with Crippen LogP contribution in [0.15, 0.2) is 28.8 Å². The summed E-state index contributed by atoms with van der Waals surface area (Å²) >= 11 is 0. The third-order valence-electron chi connectivity index (χ3n) is 5.13. The fraction of sp³-hybridized carbons (Fsp3) is 0.526. The molecule has 1 saturated carbocycles. The first-order chi connectivity index (χ1) is 13.2. The minimum atomic E-state index is -4.68. The van der Waals surface area contributed by atoms with Crippen molar-refractivity contribution in [1.82, 2.24) is 15.2 Å². The number of carbonyl (C=O) groups excluding carboxylic acids is 1. The number of hydroxylamine groups is 2. The molecule has 0 spiro atoms. The quantitative estimate of drug-likeness (QED) is 0.689. The van der Waals surface area contributed by atoms with Crippen molar-refractivity contribution in [2.75, 3.05) is 7.11 Å². The van der Waals surface area contributed by atoms with Gasteiger partial charge in [0.2, 0.25) is 5.82 Å². The van der Waals surface area contributed by atoms with Gasteiger partial charge >= 0.3 is 12.1 Å². The number of aromatic nitrogens is 2. The lowest BCUT2D eigenvalue weighted by Crippen LogP contribution is -2.42. The fourth-order valence-electron chi connectivity index (χ4n) is 3.45. The van der Waals surface area contributed by atoms with Crippen molar-refractivity contribution in [2.24, 2.45) is 5.41 Å². The second-order valence-corrected chi connectivity index (χ2v) is 7.26. The van der Waals surface area contributed by atoms with Gasteiger partial charge in [0, 0.05) is 11.0 Å². The van der Waals surface area contributed by atoms with Crippen LogP contribution in [0.2, 0.25) is 0 Å². The van der Waals surface area contributed by atoms with Crippen LogP contribution in [-0.4, -0.2) is 28.2 Å². The van der Waals surface area contributed by atoms with Crippen molar-refractivity contribution < 1.29 is 27.3 Å². The smallest absolute Gasteiger partial charge is 0.329 e. The normalized spacial score (nSPS) is 16.8. The topological polar surface area (TPSA) is 68.5 Å². The van der Waals surface area contributed by atoms with E-state index in [4.69, 9.17) is 4.84 Å². The Morgan fingerprint density at radius 1 is 1.21 bits per heavy atom. The molecular weight excluding hydrogens is 375 g/mol. The Morgan fingerprint density at radius 2 is 1.86 bits per heavy atom. The van der Waals surface area contributed by atoms with Crippen LogP contribution in [0.4, 0.5) is 13.2 Å². The molecule has 1 aliphatic rings. The molecule has 0 saturated heterocycles. The number of nitrogens with zero attached hydrogens (tertiary/aromatic N) is 3.